The second-order valence-corrected chi connectivity index (χ2v) is 7.33. The Labute approximate surface area is 164 Å². The van der Waals surface area contributed by atoms with E-state index < -0.39 is 0 Å². The largest absolute Gasteiger partial charge is 0.490 e. The van der Waals surface area contributed by atoms with Gasteiger partial charge in [-0.2, -0.15) is 0 Å². The maximum Gasteiger partial charge on any atom is 0.252 e. The molecule has 0 unspecified atom stereocenters. The highest BCUT2D eigenvalue weighted by Gasteiger charge is 2.22. The summed E-state index contributed by atoms with van der Waals surface area (Å²) in [6.45, 7) is 5.49. The molecule has 0 spiro atoms. The average Bonchev–Trinajstić information content (AvgIpc) is 2.96. The smallest absolute Gasteiger partial charge is 0.252 e. The van der Waals surface area contributed by atoms with Gasteiger partial charge >= 0.3 is 0 Å². The minimum absolute atomic E-state index is 0.107. The fraction of sp³-hybridized carbons (Fsp3) is 0.304. The number of amides is 1. The molecule has 0 saturated heterocycles. The summed E-state index contributed by atoms with van der Waals surface area (Å²) in [5.41, 5.74) is 2.45. The van der Waals surface area contributed by atoms with Gasteiger partial charge in [0.2, 0.25) is 0 Å². The molecule has 1 aliphatic heterocycles. The molecule has 0 bridgehead atoms. The van der Waals surface area contributed by atoms with Crippen LogP contribution >= 0.6 is 0 Å². The van der Waals surface area contributed by atoms with E-state index in [4.69, 9.17) is 9.47 Å². The zero-order valence-corrected chi connectivity index (χ0v) is 16.1. The summed E-state index contributed by atoms with van der Waals surface area (Å²) in [5.74, 6) is 1.60. The highest BCUT2D eigenvalue weighted by atomic mass is 16.5. The minimum atomic E-state index is -0.142. The van der Waals surface area contributed by atoms with Gasteiger partial charge in [0.1, 0.15) is 0 Å². The van der Waals surface area contributed by atoms with E-state index in [0.29, 0.717) is 18.8 Å². The van der Waals surface area contributed by atoms with Gasteiger partial charge in [0, 0.05) is 23.6 Å². The first-order valence-corrected chi connectivity index (χ1v) is 9.67. The summed E-state index contributed by atoms with van der Waals surface area (Å²) in [6, 6.07) is 15.2. The molecule has 144 valence electrons. The van der Waals surface area contributed by atoms with Crippen LogP contribution in [0.5, 0.6) is 11.5 Å². The number of ether oxygens (including phenoxy) is 2. The van der Waals surface area contributed by atoms with Crippen LogP contribution in [0.1, 0.15) is 42.2 Å². The summed E-state index contributed by atoms with van der Waals surface area (Å²) < 4.78 is 11.5. The molecule has 5 nitrogen and oxygen atoms in total. The first kappa shape index (κ1) is 18.3. The highest BCUT2D eigenvalue weighted by Crippen LogP contribution is 2.34. The van der Waals surface area contributed by atoms with Crippen LogP contribution in [0.25, 0.3) is 10.9 Å². The third-order valence-corrected chi connectivity index (χ3v) is 4.97. The van der Waals surface area contributed by atoms with Gasteiger partial charge in [-0.3, -0.25) is 9.78 Å². The fourth-order valence-electron chi connectivity index (χ4n) is 3.53. The number of hydrogen-bond acceptors (Lipinski definition) is 4. The number of nitrogens with zero attached hydrogens (tertiary/aromatic N) is 1. The average molecular weight is 376 g/mol. The molecule has 1 amide bonds. The lowest BCUT2D eigenvalue weighted by Crippen LogP contribution is -2.32. The van der Waals surface area contributed by atoms with Crippen LogP contribution in [0.4, 0.5) is 0 Å². The molecule has 1 aliphatic rings. The molecular formula is C23H24N2O3. The van der Waals surface area contributed by atoms with E-state index in [-0.39, 0.29) is 17.9 Å². The Balaban J connectivity index is 1.64. The standard InChI is InChI=1S/C23H24N2O3/c1-15(2)22(16-9-10-20-21(14-16)28-13-5-12-27-20)25-23(26)18-6-3-8-19-17(18)7-4-11-24-19/h3-4,6-11,14-15,22H,5,12-13H2,1-2H3,(H,25,26)/t22-/m0/s1. The third kappa shape index (κ3) is 3.65. The lowest BCUT2D eigenvalue weighted by Gasteiger charge is -2.24. The number of aromatic nitrogens is 1. The van der Waals surface area contributed by atoms with E-state index in [9.17, 15) is 4.79 Å². The number of benzene rings is 2. The number of hydrogen-bond donors (Lipinski definition) is 1. The van der Waals surface area contributed by atoms with Gasteiger partial charge in [-0.15, -0.1) is 0 Å². The summed E-state index contributed by atoms with van der Waals surface area (Å²) in [6.07, 6.45) is 2.60. The summed E-state index contributed by atoms with van der Waals surface area (Å²) >= 11 is 0. The van der Waals surface area contributed by atoms with Crippen molar-refractivity contribution in [1.82, 2.24) is 10.3 Å². The Bertz CT molecular complexity index is 995. The molecule has 1 aromatic heterocycles. The molecular weight excluding hydrogens is 352 g/mol. The van der Waals surface area contributed by atoms with Crippen LogP contribution in [-0.2, 0) is 0 Å². The molecule has 28 heavy (non-hydrogen) atoms. The van der Waals surface area contributed by atoms with E-state index >= 15 is 0 Å². The quantitative estimate of drug-likeness (QED) is 0.727. The Morgan fingerprint density at radius 2 is 1.86 bits per heavy atom. The van der Waals surface area contributed by atoms with E-state index in [2.05, 4.69) is 24.1 Å². The molecule has 4 rings (SSSR count). The van der Waals surface area contributed by atoms with Gasteiger partial charge in [-0.1, -0.05) is 32.0 Å². The number of rotatable bonds is 4. The van der Waals surface area contributed by atoms with E-state index in [0.717, 1.165) is 34.4 Å². The van der Waals surface area contributed by atoms with Crippen molar-refractivity contribution in [2.45, 2.75) is 26.3 Å². The fourth-order valence-corrected chi connectivity index (χ4v) is 3.53. The Hall–Kier alpha value is -3.08. The predicted molar refractivity (Wildman–Crippen MR) is 109 cm³/mol. The van der Waals surface area contributed by atoms with Crippen LogP contribution in [-0.4, -0.2) is 24.1 Å². The summed E-state index contributed by atoms with van der Waals surface area (Å²) in [5, 5.41) is 4.05. The van der Waals surface area contributed by atoms with Crippen LogP contribution in [0, 0.1) is 5.92 Å². The molecule has 0 fully saturated rings. The molecule has 0 aliphatic carbocycles. The number of nitrogens with one attached hydrogen (secondary N) is 1. The summed E-state index contributed by atoms with van der Waals surface area (Å²) in [4.78, 5) is 17.4. The molecule has 0 radical (unpaired) electrons. The molecule has 0 saturated carbocycles. The molecule has 3 aromatic rings. The molecule has 2 heterocycles. The topological polar surface area (TPSA) is 60.5 Å². The molecule has 1 N–H and O–H groups in total. The number of pyridine rings is 1. The SMILES string of the molecule is CC(C)[C@H](NC(=O)c1cccc2ncccc12)c1ccc2c(c1)OCCCO2. The van der Waals surface area contributed by atoms with Crippen LogP contribution < -0.4 is 14.8 Å². The van der Waals surface area contributed by atoms with Gasteiger partial charge in [0.25, 0.3) is 5.91 Å². The number of carbonyl (C=O) groups is 1. The van der Waals surface area contributed by atoms with Gasteiger partial charge in [0.15, 0.2) is 11.5 Å². The molecule has 5 heteroatoms. The number of fused-ring (bicyclic) bond motifs is 2. The molecule has 1 atom stereocenters. The normalized spacial score (nSPS) is 14.5. The maximum atomic E-state index is 13.1. The van der Waals surface area contributed by atoms with E-state index in [1.807, 2.05) is 48.5 Å². The first-order chi connectivity index (χ1) is 13.6. The van der Waals surface area contributed by atoms with Crippen molar-refractivity contribution < 1.29 is 14.3 Å². The second kappa shape index (κ2) is 7.89. The van der Waals surface area contributed by atoms with E-state index in [1.165, 1.54) is 0 Å². The van der Waals surface area contributed by atoms with Crippen LogP contribution in [0.2, 0.25) is 0 Å². The lowest BCUT2D eigenvalue weighted by atomic mass is 9.95. The molecule has 2 aromatic carbocycles. The van der Waals surface area contributed by atoms with Crippen molar-refractivity contribution in [3.8, 4) is 11.5 Å². The highest BCUT2D eigenvalue weighted by molar-refractivity contribution is 6.06. The zero-order chi connectivity index (χ0) is 19.5. The van der Waals surface area contributed by atoms with Crippen molar-refractivity contribution in [2.24, 2.45) is 5.92 Å². The third-order valence-electron chi connectivity index (χ3n) is 4.97. The Morgan fingerprint density at radius 3 is 2.68 bits per heavy atom. The second-order valence-electron chi connectivity index (χ2n) is 7.33. The van der Waals surface area contributed by atoms with Gasteiger partial charge in [0.05, 0.1) is 24.8 Å². The lowest BCUT2D eigenvalue weighted by molar-refractivity contribution is 0.0927. The van der Waals surface area contributed by atoms with Gasteiger partial charge in [-0.05, 0) is 41.8 Å². The Morgan fingerprint density at radius 1 is 1.04 bits per heavy atom. The van der Waals surface area contributed by atoms with Crippen molar-refractivity contribution in [3.05, 3.63) is 65.9 Å². The maximum absolute atomic E-state index is 13.1. The van der Waals surface area contributed by atoms with Crippen LogP contribution in [0.3, 0.4) is 0 Å². The van der Waals surface area contributed by atoms with Gasteiger partial charge < -0.3 is 14.8 Å². The zero-order valence-electron chi connectivity index (χ0n) is 16.1. The Kier molecular flexibility index (Phi) is 5.15. The van der Waals surface area contributed by atoms with Crippen LogP contribution in [0.15, 0.2) is 54.7 Å². The number of carbonyl (C=O) groups excluding carboxylic acids is 1. The van der Waals surface area contributed by atoms with Gasteiger partial charge in [-0.25, -0.2) is 0 Å². The summed E-state index contributed by atoms with van der Waals surface area (Å²) in [7, 11) is 0. The minimum Gasteiger partial charge on any atom is -0.490 e. The van der Waals surface area contributed by atoms with E-state index in [1.54, 1.807) is 6.20 Å². The van der Waals surface area contributed by atoms with Crippen molar-refractivity contribution in [3.63, 3.8) is 0 Å². The van der Waals surface area contributed by atoms with Crippen molar-refractivity contribution >= 4 is 16.8 Å². The van der Waals surface area contributed by atoms with Crippen molar-refractivity contribution in [1.29, 1.82) is 0 Å². The predicted octanol–water partition coefficient (Wildman–Crippen LogP) is 4.52. The monoisotopic (exact) mass is 376 g/mol. The van der Waals surface area contributed by atoms with Crippen molar-refractivity contribution in [2.75, 3.05) is 13.2 Å². The first-order valence-electron chi connectivity index (χ1n) is 9.67.